The fourth-order valence-electron chi connectivity index (χ4n) is 2.84. The largest absolute Gasteiger partial charge is 0.370 e. The summed E-state index contributed by atoms with van der Waals surface area (Å²) in [5.74, 6) is 0. The highest BCUT2D eigenvalue weighted by Crippen LogP contribution is 2.23. The van der Waals surface area contributed by atoms with E-state index < -0.39 is 0 Å². The molecule has 1 saturated heterocycles. The zero-order chi connectivity index (χ0) is 13.2. The van der Waals surface area contributed by atoms with Crippen LogP contribution in [-0.4, -0.2) is 31.2 Å². The second-order valence-corrected chi connectivity index (χ2v) is 5.48. The molecule has 20 heavy (non-hydrogen) atoms. The smallest absolute Gasteiger partial charge is 0.0703 e. The van der Waals surface area contributed by atoms with Gasteiger partial charge in [-0.2, -0.15) is 0 Å². The Labute approximate surface area is 126 Å². The van der Waals surface area contributed by atoms with Gasteiger partial charge in [0.1, 0.15) is 0 Å². The Hall–Kier alpha value is -1.32. The van der Waals surface area contributed by atoms with Gasteiger partial charge in [-0.05, 0) is 51.1 Å². The summed E-state index contributed by atoms with van der Waals surface area (Å²) < 4.78 is 0. The van der Waals surface area contributed by atoms with Crippen LogP contribution in [0.1, 0.15) is 18.4 Å². The van der Waals surface area contributed by atoms with E-state index in [2.05, 4.69) is 53.4 Å². The maximum absolute atomic E-state index is 4.58. The van der Waals surface area contributed by atoms with Crippen molar-refractivity contribution in [2.75, 3.05) is 25.0 Å². The number of pyridine rings is 1. The van der Waals surface area contributed by atoms with E-state index in [1.165, 1.54) is 29.5 Å². The molecular weight excluding hydrogens is 270 g/mol. The Morgan fingerprint density at radius 1 is 1.20 bits per heavy atom. The first kappa shape index (κ1) is 15.1. The second kappa shape index (κ2) is 6.42. The standard InChI is InChI=1S/C16H21N3.ClH/c1-12-3-4-16-13(9-12)10-15(11-18-16)19(2)14-5-7-17-8-6-14;/h3-4,9-11,14,17H,5-8H2,1-2H3;1H. The third-order valence-electron chi connectivity index (χ3n) is 4.09. The van der Waals surface area contributed by atoms with Crippen molar-refractivity contribution in [2.24, 2.45) is 0 Å². The summed E-state index contributed by atoms with van der Waals surface area (Å²) in [6.45, 7) is 4.37. The van der Waals surface area contributed by atoms with Gasteiger partial charge in [-0.1, -0.05) is 11.6 Å². The Kier molecular flexibility index (Phi) is 4.84. The number of hydrogen-bond acceptors (Lipinski definition) is 3. The first-order chi connectivity index (χ1) is 9.24. The molecule has 0 amide bonds. The summed E-state index contributed by atoms with van der Waals surface area (Å²) >= 11 is 0. The molecule has 1 aliphatic rings. The maximum atomic E-state index is 4.58. The van der Waals surface area contributed by atoms with Crippen LogP contribution in [0.5, 0.6) is 0 Å². The first-order valence-corrected chi connectivity index (χ1v) is 7.04. The summed E-state index contributed by atoms with van der Waals surface area (Å²) in [5.41, 5.74) is 3.59. The number of rotatable bonds is 2. The van der Waals surface area contributed by atoms with Gasteiger partial charge in [0.25, 0.3) is 0 Å². The lowest BCUT2D eigenvalue weighted by Crippen LogP contribution is -2.41. The number of benzene rings is 1. The summed E-state index contributed by atoms with van der Waals surface area (Å²) in [6.07, 6.45) is 4.42. The van der Waals surface area contributed by atoms with E-state index in [1.54, 1.807) is 0 Å². The fraction of sp³-hybridized carbons (Fsp3) is 0.438. The molecule has 1 aromatic heterocycles. The molecule has 0 unspecified atom stereocenters. The van der Waals surface area contributed by atoms with E-state index in [1.807, 2.05) is 6.20 Å². The molecule has 108 valence electrons. The lowest BCUT2D eigenvalue weighted by atomic mass is 10.0. The van der Waals surface area contributed by atoms with Crippen LogP contribution in [0.2, 0.25) is 0 Å². The predicted octanol–water partition coefficient (Wildman–Crippen LogP) is 3.15. The van der Waals surface area contributed by atoms with Crippen molar-refractivity contribution >= 4 is 29.0 Å². The fourth-order valence-corrected chi connectivity index (χ4v) is 2.84. The summed E-state index contributed by atoms with van der Waals surface area (Å²) in [7, 11) is 2.19. The van der Waals surface area contributed by atoms with Gasteiger partial charge >= 0.3 is 0 Å². The van der Waals surface area contributed by atoms with E-state index in [0.717, 1.165) is 18.6 Å². The average molecular weight is 292 g/mol. The van der Waals surface area contributed by atoms with Crippen molar-refractivity contribution < 1.29 is 0 Å². The second-order valence-electron chi connectivity index (χ2n) is 5.48. The minimum atomic E-state index is 0. The Morgan fingerprint density at radius 3 is 2.70 bits per heavy atom. The highest BCUT2D eigenvalue weighted by Gasteiger charge is 2.18. The van der Waals surface area contributed by atoms with Crippen molar-refractivity contribution in [3.8, 4) is 0 Å². The lowest BCUT2D eigenvalue weighted by molar-refractivity contribution is 0.443. The van der Waals surface area contributed by atoms with Crippen LogP contribution in [0, 0.1) is 6.92 Å². The third kappa shape index (κ3) is 3.05. The number of anilines is 1. The van der Waals surface area contributed by atoms with E-state index in [4.69, 9.17) is 0 Å². The summed E-state index contributed by atoms with van der Waals surface area (Å²) in [6, 6.07) is 9.31. The van der Waals surface area contributed by atoms with Crippen molar-refractivity contribution in [1.29, 1.82) is 0 Å². The molecule has 4 heteroatoms. The molecule has 0 bridgehead atoms. The van der Waals surface area contributed by atoms with Gasteiger partial charge in [0.2, 0.25) is 0 Å². The molecule has 1 fully saturated rings. The number of aromatic nitrogens is 1. The molecular formula is C16H22ClN3. The monoisotopic (exact) mass is 291 g/mol. The summed E-state index contributed by atoms with van der Waals surface area (Å²) in [5, 5.41) is 4.65. The van der Waals surface area contributed by atoms with Crippen LogP contribution < -0.4 is 10.2 Å². The number of nitrogens with one attached hydrogen (secondary N) is 1. The molecule has 3 nitrogen and oxygen atoms in total. The predicted molar refractivity (Wildman–Crippen MR) is 88.0 cm³/mol. The Bertz CT molecular complexity index is 579. The Balaban J connectivity index is 0.00000147. The minimum absolute atomic E-state index is 0. The molecule has 2 aromatic rings. The van der Waals surface area contributed by atoms with Crippen LogP contribution in [0.4, 0.5) is 5.69 Å². The number of nitrogens with zero attached hydrogens (tertiary/aromatic N) is 2. The normalized spacial score (nSPS) is 15.9. The number of halogens is 1. The van der Waals surface area contributed by atoms with Gasteiger partial charge in [-0.15, -0.1) is 12.4 Å². The van der Waals surface area contributed by atoms with Gasteiger partial charge < -0.3 is 10.2 Å². The summed E-state index contributed by atoms with van der Waals surface area (Å²) in [4.78, 5) is 6.97. The van der Waals surface area contributed by atoms with Crippen molar-refractivity contribution in [3.05, 3.63) is 36.0 Å². The van der Waals surface area contributed by atoms with Gasteiger partial charge in [0.05, 0.1) is 17.4 Å². The van der Waals surface area contributed by atoms with E-state index >= 15 is 0 Å². The molecule has 0 aliphatic carbocycles. The Morgan fingerprint density at radius 2 is 1.95 bits per heavy atom. The first-order valence-electron chi connectivity index (χ1n) is 7.04. The van der Waals surface area contributed by atoms with Crippen LogP contribution in [-0.2, 0) is 0 Å². The highest BCUT2D eigenvalue weighted by atomic mass is 35.5. The third-order valence-corrected chi connectivity index (χ3v) is 4.09. The van der Waals surface area contributed by atoms with Crippen LogP contribution in [0.25, 0.3) is 10.9 Å². The van der Waals surface area contributed by atoms with Gasteiger partial charge in [0, 0.05) is 18.5 Å². The van der Waals surface area contributed by atoms with Crippen molar-refractivity contribution in [3.63, 3.8) is 0 Å². The molecule has 2 heterocycles. The van der Waals surface area contributed by atoms with Gasteiger partial charge in [0.15, 0.2) is 0 Å². The quantitative estimate of drug-likeness (QED) is 0.921. The number of aryl methyl sites for hydroxylation is 1. The molecule has 0 spiro atoms. The maximum Gasteiger partial charge on any atom is 0.0703 e. The molecule has 3 rings (SSSR count). The molecule has 0 saturated carbocycles. The highest BCUT2D eigenvalue weighted by molar-refractivity contribution is 5.85. The SMILES string of the molecule is Cc1ccc2ncc(N(C)C3CCNCC3)cc2c1.Cl. The topological polar surface area (TPSA) is 28.2 Å². The van der Waals surface area contributed by atoms with Crippen LogP contribution in [0.3, 0.4) is 0 Å². The van der Waals surface area contributed by atoms with Crippen LogP contribution in [0.15, 0.2) is 30.5 Å². The zero-order valence-corrected chi connectivity index (χ0v) is 12.9. The molecule has 1 aliphatic heterocycles. The molecule has 0 atom stereocenters. The zero-order valence-electron chi connectivity index (χ0n) is 12.1. The van der Waals surface area contributed by atoms with Gasteiger partial charge in [-0.25, -0.2) is 0 Å². The molecule has 1 aromatic carbocycles. The van der Waals surface area contributed by atoms with Crippen molar-refractivity contribution in [2.45, 2.75) is 25.8 Å². The average Bonchev–Trinajstić information content (AvgIpc) is 2.46. The number of hydrogen-bond donors (Lipinski definition) is 1. The van der Waals surface area contributed by atoms with Gasteiger partial charge in [-0.3, -0.25) is 4.98 Å². The van der Waals surface area contributed by atoms with E-state index in [-0.39, 0.29) is 12.4 Å². The molecule has 1 N–H and O–H groups in total. The number of fused-ring (bicyclic) bond motifs is 1. The van der Waals surface area contributed by atoms with Crippen LogP contribution >= 0.6 is 12.4 Å². The van der Waals surface area contributed by atoms with E-state index in [9.17, 15) is 0 Å². The van der Waals surface area contributed by atoms with Crippen molar-refractivity contribution in [1.82, 2.24) is 10.3 Å². The molecule has 0 radical (unpaired) electrons. The van der Waals surface area contributed by atoms with E-state index in [0.29, 0.717) is 6.04 Å². The minimum Gasteiger partial charge on any atom is -0.370 e. The lowest BCUT2D eigenvalue weighted by Gasteiger charge is -2.33. The number of piperidine rings is 1.